The van der Waals surface area contributed by atoms with Gasteiger partial charge in [0.15, 0.2) is 0 Å². The summed E-state index contributed by atoms with van der Waals surface area (Å²) < 4.78 is 2.16. The molecule has 94 valence electrons. The Bertz CT molecular complexity index is 416. The maximum atomic E-state index is 11.8. The number of aryl methyl sites for hydroxylation is 2. The van der Waals surface area contributed by atoms with Crippen molar-refractivity contribution in [3.63, 3.8) is 0 Å². The molecular formula is C12H19N3OS. The van der Waals surface area contributed by atoms with E-state index >= 15 is 0 Å². The number of hydrogen-bond donors (Lipinski definition) is 1. The standard InChI is InChI=1S/C12H19N3OS/c1-8-6-15-7-10(4-5-11(15)13-8)14-12(16)9(2)17-3/h6,9-10H,4-5,7H2,1-3H3,(H,14,16)/t9-,10+/m1/s1. The van der Waals surface area contributed by atoms with Gasteiger partial charge in [-0.2, -0.15) is 11.8 Å². The first-order valence-corrected chi connectivity index (χ1v) is 7.24. The highest BCUT2D eigenvalue weighted by Gasteiger charge is 2.22. The molecule has 0 unspecified atom stereocenters. The summed E-state index contributed by atoms with van der Waals surface area (Å²) >= 11 is 1.58. The van der Waals surface area contributed by atoms with Gasteiger partial charge in [0, 0.05) is 25.2 Å². The number of nitrogens with zero attached hydrogens (tertiary/aromatic N) is 2. The minimum Gasteiger partial charge on any atom is -0.351 e. The molecule has 0 saturated carbocycles. The van der Waals surface area contributed by atoms with Crippen LogP contribution in [0, 0.1) is 6.92 Å². The van der Waals surface area contributed by atoms with Gasteiger partial charge in [-0.1, -0.05) is 0 Å². The van der Waals surface area contributed by atoms with E-state index in [0.29, 0.717) is 0 Å². The first-order chi connectivity index (χ1) is 8.10. The van der Waals surface area contributed by atoms with Crippen LogP contribution in [0.2, 0.25) is 0 Å². The predicted molar refractivity (Wildman–Crippen MR) is 70.2 cm³/mol. The molecule has 0 aromatic carbocycles. The summed E-state index contributed by atoms with van der Waals surface area (Å²) in [6.45, 7) is 4.80. The first kappa shape index (κ1) is 12.5. The van der Waals surface area contributed by atoms with E-state index in [4.69, 9.17) is 0 Å². The minimum atomic E-state index is 0.0286. The van der Waals surface area contributed by atoms with Crippen LogP contribution in [0.25, 0.3) is 0 Å². The van der Waals surface area contributed by atoms with Gasteiger partial charge >= 0.3 is 0 Å². The molecular weight excluding hydrogens is 234 g/mol. The van der Waals surface area contributed by atoms with Crippen molar-refractivity contribution in [1.29, 1.82) is 0 Å². The second-order valence-electron chi connectivity index (χ2n) is 4.57. The van der Waals surface area contributed by atoms with Crippen LogP contribution in [-0.4, -0.2) is 33.0 Å². The molecule has 2 heterocycles. The predicted octanol–water partition coefficient (Wildman–Crippen LogP) is 1.37. The van der Waals surface area contributed by atoms with Crippen molar-refractivity contribution in [2.75, 3.05) is 6.26 Å². The van der Waals surface area contributed by atoms with Gasteiger partial charge in [-0.05, 0) is 26.5 Å². The molecule has 0 saturated heterocycles. The van der Waals surface area contributed by atoms with E-state index in [-0.39, 0.29) is 17.2 Å². The Hall–Kier alpha value is -0.970. The molecule has 1 aliphatic rings. The SMILES string of the molecule is CS[C@H](C)C(=O)N[C@H]1CCc2nc(C)cn2C1. The molecule has 0 radical (unpaired) electrons. The summed E-state index contributed by atoms with van der Waals surface area (Å²) in [6, 6.07) is 0.248. The molecule has 2 atom stereocenters. The highest BCUT2D eigenvalue weighted by atomic mass is 32.2. The van der Waals surface area contributed by atoms with Crippen molar-refractivity contribution in [1.82, 2.24) is 14.9 Å². The van der Waals surface area contributed by atoms with E-state index in [0.717, 1.165) is 30.9 Å². The Morgan fingerprint density at radius 1 is 1.71 bits per heavy atom. The summed E-state index contributed by atoms with van der Waals surface area (Å²) in [5.41, 5.74) is 1.06. The number of fused-ring (bicyclic) bond motifs is 1. The lowest BCUT2D eigenvalue weighted by Gasteiger charge is -2.25. The molecule has 0 aliphatic carbocycles. The van der Waals surface area contributed by atoms with Gasteiger partial charge in [0.1, 0.15) is 5.82 Å². The van der Waals surface area contributed by atoms with Gasteiger partial charge in [0.25, 0.3) is 0 Å². The summed E-state index contributed by atoms with van der Waals surface area (Å²) in [5, 5.41) is 3.14. The Morgan fingerprint density at radius 3 is 3.18 bits per heavy atom. The van der Waals surface area contributed by atoms with Crippen molar-refractivity contribution in [3.8, 4) is 0 Å². The zero-order valence-electron chi connectivity index (χ0n) is 10.6. The second kappa shape index (κ2) is 5.12. The summed E-state index contributed by atoms with van der Waals surface area (Å²) in [7, 11) is 0. The van der Waals surface area contributed by atoms with Gasteiger partial charge in [-0.15, -0.1) is 0 Å². The maximum absolute atomic E-state index is 11.8. The molecule has 0 spiro atoms. The zero-order chi connectivity index (χ0) is 12.4. The van der Waals surface area contributed by atoms with E-state index in [1.807, 2.05) is 20.1 Å². The number of imidazole rings is 1. The number of carbonyl (C=O) groups is 1. The van der Waals surface area contributed by atoms with Crippen LogP contribution in [0.3, 0.4) is 0 Å². The average Bonchev–Trinajstić information content (AvgIpc) is 2.67. The Morgan fingerprint density at radius 2 is 2.47 bits per heavy atom. The van der Waals surface area contributed by atoms with Crippen LogP contribution in [0.5, 0.6) is 0 Å². The van der Waals surface area contributed by atoms with Crippen molar-refractivity contribution in [2.45, 2.75) is 44.5 Å². The topological polar surface area (TPSA) is 46.9 Å². The van der Waals surface area contributed by atoms with Crippen LogP contribution < -0.4 is 5.32 Å². The highest BCUT2D eigenvalue weighted by molar-refractivity contribution is 7.99. The number of carbonyl (C=O) groups excluding carboxylic acids is 1. The Kier molecular flexibility index (Phi) is 3.76. The van der Waals surface area contributed by atoms with Crippen molar-refractivity contribution >= 4 is 17.7 Å². The van der Waals surface area contributed by atoms with E-state index in [1.165, 1.54) is 0 Å². The number of thioether (sulfide) groups is 1. The summed E-state index contributed by atoms with van der Waals surface area (Å²) in [4.78, 5) is 16.3. The molecule has 1 N–H and O–H groups in total. The van der Waals surface area contributed by atoms with Crippen LogP contribution in [0.15, 0.2) is 6.20 Å². The number of amides is 1. The number of hydrogen-bond acceptors (Lipinski definition) is 3. The monoisotopic (exact) mass is 253 g/mol. The zero-order valence-corrected chi connectivity index (χ0v) is 11.4. The van der Waals surface area contributed by atoms with Crippen molar-refractivity contribution < 1.29 is 4.79 Å². The lowest BCUT2D eigenvalue weighted by molar-refractivity contribution is -0.121. The highest BCUT2D eigenvalue weighted by Crippen LogP contribution is 2.15. The van der Waals surface area contributed by atoms with Crippen molar-refractivity contribution in [3.05, 3.63) is 17.7 Å². The van der Waals surface area contributed by atoms with Gasteiger partial charge in [-0.3, -0.25) is 4.79 Å². The molecule has 5 heteroatoms. The van der Waals surface area contributed by atoms with E-state index in [2.05, 4.69) is 21.1 Å². The van der Waals surface area contributed by atoms with Crippen molar-refractivity contribution in [2.24, 2.45) is 0 Å². The van der Waals surface area contributed by atoms with Crippen LogP contribution in [0.4, 0.5) is 0 Å². The third-order valence-corrected chi connectivity index (χ3v) is 4.10. The third kappa shape index (κ3) is 2.83. The van der Waals surface area contributed by atoms with Gasteiger partial charge in [0.05, 0.1) is 10.9 Å². The molecule has 1 amide bonds. The molecule has 1 aromatic rings. The second-order valence-corrected chi connectivity index (χ2v) is 5.75. The number of rotatable bonds is 3. The number of nitrogens with one attached hydrogen (secondary N) is 1. The molecule has 0 fully saturated rings. The largest absolute Gasteiger partial charge is 0.351 e. The average molecular weight is 253 g/mol. The third-order valence-electron chi connectivity index (χ3n) is 3.18. The van der Waals surface area contributed by atoms with E-state index < -0.39 is 0 Å². The molecule has 17 heavy (non-hydrogen) atoms. The van der Waals surface area contributed by atoms with Crippen LogP contribution in [-0.2, 0) is 17.8 Å². The van der Waals surface area contributed by atoms with Crippen LogP contribution >= 0.6 is 11.8 Å². The fourth-order valence-corrected chi connectivity index (χ4v) is 2.41. The first-order valence-electron chi connectivity index (χ1n) is 5.96. The molecule has 1 aliphatic heterocycles. The van der Waals surface area contributed by atoms with E-state index in [9.17, 15) is 4.79 Å². The quantitative estimate of drug-likeness (QED) is 0.885. The molecule has 0 bridgehead atoms. The van der Waals surface area contributed by atoms with Gasteiger partial charge in [-0.25, -0.2) is 4.98 Å². The van der Waals surface area contributed by atoms with Gasteiger partial charge < -0.3 is 9.88 Å². The lowest BCUT2D eigenvalue weighted by atomic mass is 10.1. The van der Waals surface area contributed by atoms with E-state index in [1.54, 1.807) is 11.8 Å². The fraction of sp³-hybridized carbons (Fsp3) is 0.667. The normalized spacial score (nSPS) is 20.8. The number of aromatic nitrogens is 2. The summed E-state index contributed by atoms with van der Waals surface area (Å²) in [6.07, 6.45) is 5.96. The van der Waals surface area contributed by atoms with Gasteiger partial charge in [0.2, 0.25) is 5.91 Å². The van der Waals surface area contributed by atoms with Crippen LogP contribution in [0.1, 0.15) is 24.9 Å². The fourth-order valence-electron chi connectivity index (χ4n) is 2.13. The Labute approximate surface area is 106 Å². The smallest absolute Gasteiger partial charge is 0.233 e. The molecule has 1 aromatic heterocycles. The molecule has 4 nitrogen and oxygen atoms in total. The lowest BCUT2D eigenvalue weighted by Crippen LogP contribution is -2.43. The maximum Gasteiger partial charge on any atom is 0.233 e. The molecule has 2 rings (SSSR count). The minimum absolute atomic E-state index is 0.0286. The summed E-state index contributed by atoms with van der Waals surface area (Å²) in [5.74, 6) is 1.29. The Balaban J connectivity index is 1.96.